The first-order valence-electron chi connectivity index (χ1n) is 6.35. The highest BCUT2D eigenvalue weighted by Gasteiger charge is 2.30. The Bertz CT molecular complexity index is 240. The van der Waals surface area contributed by atoms with E-state index in [2.05, 4.69) is 10.6 Å². The van der Waals surface area contributed by atoms with E-state index < -0.39 is 0 Å². The molecule has 2 atom stereocenters. The number of hydrogen-bond donors (Lipinski definition) is 3. The van der Waals surface area contributed by atoms with Crippen LogP contribution in [0.3, 0.4) is 0 Å². The molecule has 0 spiro atoms. The summed E-state index contributed by atoms with van der Waals surface area (Å²) in [5.74, 6) is 0. The predicted molar refractivity (Wildman–Crippen MR) is 65.9 cm³/mol. The van der Waals surface area contributed by atoms with Crippen LogP contribution in [0.5, 0.6) is 0 Å². The van der Waals surface area contributed by atoms with Crippen molar-refractivity contribution >= 4 is 6.03 Å². The van der Waals surface area contributed by atoms with Crippen LogP contribution in [-0.4, -0.2) is 42.5 Å². The van der Waals surface area contributed by atoms with E-state index in [1.165, 1.54) is 0 Å². The summed E-state index contributed by atoms with van der Waals surface area (Å²) in [5.41, 5.74) is -0.203. The van der Waals surface area contributed by atoms with Crippen molar-refractivity contribution in [2.45, 2.75) is 51.2 Å². The Hall–Kier alpha value is -0.810. The largest absolute Gasteiger partial charge is 0.396 e. The van der Waals surface area contributed by atoms with Crippen molar-refractivity contribution in [3.05, 3.63) is 0 Å². The molecule has 17 heavy (non-hydrogen) atoms. The van der Waals surface area contributed by atoms with Crippen LogP contribution in [0.1, 0.15) is 39.5 Å². The average molecular weight is 244 g/mol. The number of aliphatic hydroxyl groups excluding tert-OH is 1. The van der Waals surface area contributed by atoms with Gasteiger partial charge in [0.1, 0.15) is 0 Å². The molecule has 1 saturated heterocycles. The van der Waals surface area contributed by atoms with E-state index in [1.54, 1.807) is 0 Å². The average Bonchev–Trinajstić information content (AvgIpc) is 2.71. The van der Waals surface area contributed by atoms with Crippen molar-refractivity contribution in [2.24, 2.45) is 0 Å². The Morgan fingerprint density at radius 3 is 2.94 bits per heavy atom. The van der Waals surface area contributed by atoms with Crippen LogP contribution in [-0.2, 0) is 4.74 Å². The number of aliphatic hydroxyl groups is 1. The van der Waals surface area contributed by atoms with Crippen LogP contribution in [0, 0.1) is 0 Å². The maximum atomic E-state index is 11.6. The molecule has 1 aliphatic heterocycles. The van der Waals surface area contributed by atoms with Crippen LogP contribution in [0.4, 0.5) is 4.79 Å². The summed E-state index contributed by atoms with van der Waals surface area (Å²) in [6.45, 7) is 5.45. The molecule has 5 heteroatoms. The molecular formula is C12H24N2O3. The second-order valence-corrected chi connectivity index (χ2v) is 5.00. The standard InChI is InChI=1S/C12H24N2O3/c1-10(5-3-7-15)14-11(16)13-9-12(2)6-4-8-17-12/h10,15H,3-9H2,1-2H3,(H2,13,14,16). The lowest BCUT2D eigenvalue weighted by molar-refractivity contribution is 0.0228. The van der Waals surface area contributed by atoms with Gasteiger partial charge in [-0.1, -0.05) is 0 Å². The lowest BCUT2D eigenvalue weighted by Crippen LogP contribution is -2.46. The van der Waals surface area contributed by atoms with Crippen LogP contribution in [0.2, 0.25) is 0 Å². The minimum absolute atomic E-state index is 0.0828. The number of hydrogen-bond acceptors (Lipinski definition) is 3. The summed E-state index contributed by atoms with van der Waals surface area (Å²) in [6, 6.07) is -0.0772. The molecule has 2 unspecified atom stereocenters. The van der Waals surface area contributed by atoms with Crippen molar-refractivity contribution in [3.63, 3.8) is 0 Å². The molecule has 5 nitrogen and oxygen atoms in total. The van der Waals surface area contributed by atoms with E-state index in [4.69, 9.17) is 9.84 Å². The minimum Gasteiger partial charge on any atom is -0.396 e. The van der Waals surface area contributed by atoms with Crippen molar-refractivity contribution in [1.82, 2.24) is 10.6 Å². The topological polar surface area (TPSA) is 70.6 Å². The maximum absolute atomic E-state index is 11.6. The zero-order chi connectivity index (χ0) is 12.7. The summed E-state index contributed by atoms with van der Waals surface area (Å²) in [7, 11) is 0. The van der Waals surface area contributed by atoms with Gasteiger partial charge in [0.25, 0.3) is 0 Å². The van der Waals surface area contributed by atoms with E-state index >= 15 is 0 Å². The third-order valence-electron chi connectivity index (χ3n) is 3.10. The zero-order valence-electron chi connectivity index (χ0n) is 10.8. The third-order valence-corrected chi connectivity index (χ3v) is 3.10. The quantitative estimate of drug-likeness (QED) is 0.653. The molecule has 1 heterocycles. The normalized spacial score (nSPS) is 25.6. The Balaban J connectivity index is 2.16. The molecule has 0 saturated carbocycles. The summed E-state index contributed by atoms with van der Waals surface area (Å²) >= 11 is 0. The van der Waals surface area contributed by atoms with Gasteiger partial charge in [0, 0.05) is 25.8 Å². The van der Waals surface area contributed by atoms with E-state index in [1.807, 2.05) is 13.8 Å². The second-order valence-electron chi connectivity index (χ2n) is 5.00. The van der Waals surface area contributed by atoms with Gasteiger partial charge in [-0.3, -0.25) is 0 Å². The Kier molecular flexibility index (Phi) is 5.71. The minimum atomic E-state index is -0.203. The number of ether oxygens (including phenoxy) is 1. The highest BCUT2D eigenvalue weighted by atomic mass is 16.5. The third kappa shape index (κ3) is 5.37. The number of urea groups is 1. The fraction of sp³-hybridized carbons (Fsp3) is 0.917. The summed E-state index contributed by atoms with van der Waals surface area (Å²) in [6.07, 6.45) is 3.56. The van der Waals surface area contributed by atoms with Gasteiger partial charge in [0.15, 0.2) is 0 Å². The van der Waals surface area contributed by atoms with Gasteiger partial charge in [0.2, 0.25) is 0 Å². The first-order chi connectivity index (χ1) is 8.06. The smallest absolute Gasteiger partial charge is 0.315 e. The van der Waals surface area contributed by atoms with E-state index in [-0.39, 0.29) is 24.3 Å². The predicted octanol–water partition coefficient (Wildman–Crippen LogP) is 1.02. The van der Waals surface area contributed by atoms with Crippen LogP contribution in [0.15, 0.2) is 0 Å². The lowest BCUT2D eigenvalue weighted by atomic mass is 10.0. The van der Waals surface area contributed by atoms with Crippen LogP contribution in [0.25, 0.3) is 0 Å². The molecule has 1 fully saturated rings. The number of rotatable bonds is 6. The highest BCUT2D eigenvalue weighted by molar-refractivity contribution is 5.74. The zero-order valence-corrected chi connectivity index (χ0v) is 10.8. The van der Waals surface area contributed by atoms with Gasteiger partial charge in [-0.2, -0.15) is 0 Å². The van der Waals surface area contributed by atoms with Gasteiger partial charge in [-0.15, -0.1) is 0 Å². The number of carbonyl (C=O) groups is 1. The molecule has 0 radical (unpaired) electrons. The molecule has 3 N–H and O–H groups in total. The molecule has 0 aromatic heterocycles. The first kappa shape index (κ1) is 14.3. The van der Waals surface area contributed by atoms with E-state index in [0.29, 0.717) is 13.0 Å². The SMILES string of the molecule is CC(CCCO)NC(=O)NCC1(C)CCCO1. The Morgan fingerprint density at radius 2 is 2.35 bits per heavy atom. The van der Waals surface area contributed by atoms with Gasteiger partial charge in [-0.25, -0.2) is 4.79 Å². The molecule has 0 aliphatic carbocycles. The first-order valence-corrected chi connectivity index (χ1v) is 6.35. The molecule has 2 amide bonds. The van der Waals surface area contributed by atoms with E-state index in [0.717, 1.165) is 25.9 Å². The van der Waals surface area contributed by atoms with Crippen molar-refractivity contribution in [3.8, 4) is 0 Å². The number of amides is 2. The summed E-state index contributed by atoms with van der Waals surface area (Å²) in [5, 5.41) is 14.4. The molecule has 0 aromatic rings. The Labute approximate surface area is 103 Å². The fourth-order valence-electron chi connectivity index (χ4n) is 1.99. The fourth-order valence-corrected chi connectivity index (χ4v) is 1.99. The van der Waals surface area contributed by atoms with Crippen LogP contribution >= 0.6 is 0 Å². The van der Waals surface area contributed by atoms with Gasteiger partial charge >= 0.3 is 6.03 Å². The summed E-state index contributed by atoms with van der Waals surface area (Å²) in [4.78, 5) is 11.6. The van der Waals surface area contributed by atoms with Crippen molar-refractivity contribution < 1.29 is 14.6 Å². The maximum Gasteiger partial charge on any atom is 0.315 e. The van der Waals surface area contributed by atoms with E-state index in [9.17, 15) is 4.79 Å². The number of nitrogens with one attached hydrogen (secondary N) is 2. The second kappa shape index (κ2) is 6.81. The molecule has 100 valence electrons. The van der Waals surface area contributed by atoms with Gasteiger partial charge in [-0.05, 0) is 39.5 Å². The molecule has 1 aliphatic rings. The molecule has 0 aromatic carbocycles. The molecule has 0 bridgehead atoms. The lowest BCUT2D eigenvalue weighted by Gasteiger charge is -2.24. The number of carbonyl (C=O) groups excluding carboxylic acids is 1. The highest BCUT2D eigenvalue weighted by Crippen LogP contribution is 2.23. The Morgan fingerprint density at radius 1 is 1.59 bits per heavy atom. The van der Waals surface area contributed by atoms with Crippen molar-refractivity contribution in [1.29, 1.82) is 0 Å². The molecular weight excluding hydrogens is 220 g/mol. The van der Waals surface area contributed by atoms with Crippen molar-refractivity contribution in [2.75, 3.05) is 19.8 Å². The van der Waals surface area contributed by atoms with Crippen LogP contribution < -0.4 is 10.6 Å². The monoisotopic (exact) mass is 244 g/mol. The summed E-state index contributed by atoms with van der Waals surface area (Å²) < 4.78 is 5.59. The van der Waals surface area contributed by atoms with Gasteiger partial charge in [0.05, 0.1) is 5.60 Å². The molecule has 1 rings (SSSR count). The van der Waals surface area contributed by atoms with Gasteiger partial charge < -0.3 is 20.5 Å².